The summed E-state index contributed by atoms with van der Waals surface area (Å²) in [6.45, 7) is 5.17. The largest absolute Gasteiger partial charge is 0.480 e. The van der Waals surface area contributed by atoms with Crippen molar-refractivity contribution in [2.75, 3.05) is 5.32 Å². The standard InChI is InChI=1S/C12H17NO4/c1-8-6-10(5-4-9(8)7-17-16)13-12(2,3)11(14)15/h4-6,13,16H,7H2,1-3H3,(H,14,15). The second-order valence-corrected chi connectivity index (χ2v) is 4.47. The van der Waals surface area contributed by atoms with Gasteiger partial charge < -0.3 is 10.4 Å². The first kappa shape index (κ1) is 13.5. The second kappa shape index (κ2) is 5.16. The Labute approximate surface area is 100.0 Å². The number of aryl methyl sites for hydroxylation is 1. The predicted molar refractivity (Wildman–Crippen MR) is 63.9 cm³/mol. The van der Waals surface area contributed by atoms with Gasteiger partial charge in [0.25, 0.3) is 0 Å². The van der Waals surface area contributed by atoms with Crippen molar-refractivity contribution in [1.82, 2.24) is 0 Å². The van der Waals surface area contributed by atoms with Gasteiger partial charge in [0.05, 0.1) is 0 Å². The van der Waals surface area contributed by atoms with Crippen LogP contribution in [-0.2, 0) is 16.3 Å². The minimum atomic E-state index is -1.03. The van der Waals surface area contributed by atoms with E-state index in [0.29, 0.717) is 0 Å². The fourth-order valence-corrected chi connectivity index (χ4v) is 1.42. The first-order chi connectivity index (χ1) is 7.86. The molecular formula is C12H17NO4. The molecule has 5 heteroatoms. The molecule has 0 aliphatic heterocycles. The Kier molecular flexibility index (Phi) is 4.09. The van der Waals surface area contributed by atoms with Crippen LogP contribution in [0, 0.1) is 6.92 Å². The smallest absolute Gasteiger partial charge is 0.328 e. The van der Waals surface area contributed by atoms with E-state index in [2.05, 4.69) is 10.2 Å². The van der Waals surface area contributed by atoms with Crippen LogP contribution in [0.5, 0.6) is 0 Å². The molecule has 0 atom stereocenters. The highest BCUT2D eigenvalue weighted by Crippen LogP contribution is 2.19. The molecule has 0 unspecified atom stereocenters. The lowest BCUT2D eigenvalue weighted by Gasteiger charge is -2.23. The van der Waals surface area contributed by atoms with Gasteiger partial charge in [-0.3, -0.25) is 5.26 Å². The van der Waals surface area contributed by atoms with Crippen LogP contribution in [0.1, 0.15) is 25.0 Å². The van der Waals surface area contributed by atoms with Crippen LogP contribution in [0.25, 0.3) is 0 Å². The van der Waals surface area contributed by atoms with Gasteiger partial charge in [0.2, 0.25) is 0 Å². The molecule has 0 aromatic heterocycles. The number of hydrogen-bond donors (Lipinski definition) is 3. The van der Waals surface area contributed by atoms with Crippen LogP contribution < -0.4 is 5.32 Å². The summed E-state index contributed by atoms with van der Waals surface area (Å²) in [6, 6.07) is 5.36. The van der Waals surface area contributed by atoms with Crippen molar-refractivity contribution in [3.8, 4) is 0 Å². The van der Waals surface area contributed by atoms with Gasteiger partial charge in [0.1, 0.15) is 12.1 Å². The molecule has 0 heterocycles. The molecule has 17 heavy (non-hydrogen) atoms. The summed E-state index contributed by atoms with van der Waals surface area (Å²) in [4.78, 5) is 15.0. The molecule has 0 radical (unpaired) electrons. The van der Waals surface area contributed by atoms with Crippen LogP contribution in [0.2, 0.25) is 0 Å². The third kappa shape index (κ3) is 3.44. The summed E-state index contributed by atoms with van der Waals surface area (Å²) >= 11 is 0. The van der Waals surface area contributed by atoms with Gasteiger partial charge in [-0.15, -0.1) is 0 Å². The number of aliphatic carboxylic acids is 1. The molecule has 0 fully saturated rings. The van der Waals surface area contributed by atoms with E-state index < -0.39 is 11.5 Å². The van der Waals surface area contributed by atoms with E-state index in [1.54, 1.807) is 26.0 Å². The molecule has 0 bridgehead atoms. The maximum Gasteiger partial charge on any atom is 0.328 e. The fourth-order valence-electron chi connectivity index (χ4n) is 1.42. The Morgan fingerprint density at radius 1 is 1.47 bits per heavy atom. The second-order valence-electron chi connectivity index (χ2n) is 4.47. The number of anilines is 1. The summed E-state index contributed by atoms with van der Waals surface area (Å²) in [7, 11) is 0. The Hall–Kier alpha value is -1.59. The van der Waals surface area contributed by atoms with E-state index in [1.165, 1.54) is 0 Å². The molecule has 1 rings (SSSR count). The van der Waals surface area contributed by atoms with E-state index in [9.17, 15) is 4.79 Å². The Morgan fingerprint density at radius 3 is 2.59 bits per heavy atom. The zero-order chi connectivity index (χ0) is 13.1. The molecule has 1 aromatic carbocycles. The number of carboxylic acids is 1. The first-order valence-corrected chi connectivity index (χ1v) is 5.24. The van der Waals surface area contributed by atoms with Crippen LogP contribution >= 0.6 is 0 Å². The molecule has 0 aliphatic rings. The monoisotopic (exact) mass is 239 g/mol. The number of nitrogens with one attached hydrogen (secondary N) is 1. The van der Waals surface area contributed by atoms with Crippen molar-refractivity contribution < 1.29 is 20.0 Å². The van der Waals surface area contributed by atoms with Crippen molar-refractivity contribution in [3.05, 3.63) is 29.3 Å². The third-order valence-corrected chi connectivity index (χ3v) is 2.55. The van der Waals surface area contributed by atoms with Gasteiger partial charge in [-0.25, -0.2) is 9.68 Å². The Morgan fingerprint density at radius 2 is 2.12 bits per heavy atom. The van der Waals surface area contributed by atoms with E-state index in [0.717, 1.165) is 16.8 Å². The number of rotatable bonds is 5. The highest BCUT2D eigenvalue weighted by Gasteiger charge is 2.26. The summed E-state index contributed by atoms with van der Waals surface area (Å²) in [6.07, 6.45) is 0. The average molecular weight is 239 g/mol. The third-order valence-electron chi connectivity index (χ3n) is 2.55. The Bertz CT molecular complexity index is 415. The van der Waals surface area contributed by atoms with Crippen LogP contribution in [0.4, 0.5) is 5.69 Å². The number of hydrogen-bond acceptors (Lipinski definition) is 4. The predicted octanol–water partition coefficient (Wildman–Crippen LogP) is 2.26. The highest BCUT2D eigenvalue weighted by molar-refractivity contribution is 5.81. The number of carbonyl (C=O) groups is 1. The molecule has 94 valence electrons. The van der Waals surface area contributed by atoms with E-state index in [1.807, 2.05) is 13.0 Å². The topological polar surface area (TPSA) is 78.8 Å². The lowest BCUT2D eigenvalue weighted by molar-refractivity contribution is -0.253. The lowest BCUT2D eigenvalue weighted by atomic mass is 10.0. The van der Waals surface area contributed by atoms with Gasteiger partial charge in [-0.05, 0) is 44.0 Å². The van der Waals surface area contributed by atoms with Crippen LogP contribution in [0.15, 0.2) is 18.2 Å². The number of benzene rings is 1. The fraction of sp³-hybridized carbons (Fsp3) is 0.417. The van der Waals surface area contributed by atoms with Crippen LogP contribution in [-0.4, -0.2) is 21.9 Å². The van der Waals surface area contributed by atoms with Gasteiger partial charge in [0.15, 0.2) is 0 Å². The minimum absolute atomic E-state index is 0.119. The SMILES string of the molecule is Cc1cc(NC(C)(C)C(=O)O)ccc1COO. The zero-order valence-electron chi connectivity index (χ0n) is 10.2. The molecule has 0 saturated heterocycles. The summed E-state index contributed by atoms with van der Waals surface area (Å²) in [5.74, 6) is -0.919. The van der Waals surface area contributed by atoms with Crippen molar-refractivity contribution >= 4 is 11.7 Å². The van der Waals surface area contributed by atoms with Gasteiger partial charge in [-0.1, -0.05) is 6.07 Å². The molecule has 0 spiro atoms. The molecule has 3 N–H and O–H groups in total. The Balaban J connectivity index is 2.87. The quantitative estimate of drug-likeness (QED) is 0.542. The first-order valence-electron chi connectivity index (χ1n) is 5.24. The minimum Gasteiger partial charge on any atom is -0.480 e. The molecule has 0 aliphatic carbocycles. The van der Waals surface area contributed by atoms with Crippen LogP contribution in [0.3, 0.4) is 0 Å². The lowest BCUT2D eigenvalue weighted by Crippen LogP contribution is -2.39. The van der Waals surface area contributed by atoms with Crippen molar-refractivity contribution in [1.29, 1.82) is 0 Å². The summed E-state index contributed by atoms with van der Waals surface area (Å²) in [5, 5.41) is 20.3. The molecule has 1 aromatic rings. The van der Waals surface area contributed by atoms with E-state index in [4.69, 9.17) is 10.4 Å². The normalized spacial score (nSPS) is 11.3. The van der Waals surface area contributed by atoms with E-state index in [-0.39, 0.29) is 6.61 Å². The zero-order valence-corrected chi connectivity index (χ0v) is 10.2. The molecular weight excluding hydrogens is 222 g/mol. The average Bonchev–Trinajstić information content (AvgIpc) is 2.21. The summed E-state index contributed by atoms with van der Waals surface area (Å²) < 4.78 is 0. The molecule has 5 nitrogen and oxygen atoms in total. The molecule has 0 saturated carbocycles. The van der Waals surface area contributed by atoms with Crippen molar-refractivity contribution in [3.63, 3.8) is 0 Å². The van der Waals surface area contributed by atoms with E-state index >= 15 is 0 Å². The van der Waals surface area contributed by atoms with Crippen molar-refractivity contribution in [2.45, 2.75) is 32.9 Å². The maximum absolute atomic E-state index is 11.0. The van der Waals surface area contributed by atoms with Gasteiger partial charge >= 0.3 is 5.97 Å². The van der Waals surface area contributed by atoms with Crippen molar-refractivity contribution in [2.24, 2.45) is 0 Å². The summed E-state index contributed by atoms with van der Waals surface area (Å²) in [5.41, 5.74) is 1.47. The van der Waals surface area contributed by atoms with Gasteiger partial charge in [-0.2, -0.15) is 0 Å². The molecule has 0 amide bonds. The van der Waals surface area contributed by atoms with Gasteiger partial charge in [0, 0.05) is 5.69 Å². The number of carboxylic acid groups (broad SMARTS) is 1. The maximum atomic E-state index is 11.0. The highest BCUT2D eigenvalue weighted by atomic mass is 17.1.